The van der Waals surface area contributed by atoms with Crippen LogP contribution >= 0.6 is 0 Å². The Morgan fingerprint density at radius 2 is 1.88 bits per heavy atom. The highest BCUT2D eigenvalue weighted by Gasteiger charge is 2.18. The van der Waals surface area contributed by atoms with Gasteiger partial charge in [0.2, 0.25) is 0 Å². The van der Waals surface area contributed by atoms with Crippen LogP contribution in [-0.2, 0) is 0 Å². The Morgan fingerprint density at radius 3 is 2.52 bits per heavy atom. The van der Waals surface area contributed by atoms with Crippen molar-refractivity contribution in [3.05, 3.63) is 47.9 Å². The fourth-order valence-electron chi connectivity index (χ4n) is 2.57. The molecule has 2 aromatic rings. The van der Waals surface area contributed by atoms with Crippen LogP contribution < -0.4 is 10.2 Å². The molecule has 0 saturated carbocycles. The number of carbonyl (C=O) groups excluding carboxylic acids is 1. The summed E-state index contributed by atoms with van der Waals surface area (Å²) in [4.78, 5) is 25.5. The molecule has 0 radical (unpaired) electrons. The van der Waals surface area contributed by atoms with Gasteiger partial charge in [-0.05, 0) is 53.0 Å². The van der Waals surface area contributed by atoms with Crippen LogP contribution in [0, 0.1) is 6.92 Å². The largest absolute Gasteiger partial charge is 0.370 e. The summed E-state index contributed by atoms with van der Waals surface area (Å²) in [6.45, 7) is 6.15. The van der Waals surface area contributed by atoms with Crippen molar-refractivity contribution >= 4 is 17.4 Å². The quantitative estimate of drug-likeness (QED) is 0.748. The second-order valence-corrected chi connectivity index (χ2v) is 6.15. The first-order chi connectivity index (χ1) is 12.0. The maximum atomic E-state index is 12.9. The van der Waals surface area contributed by atoms with Crippen LogP contribution in [0.4, 0.5) is 11.5 Å². The highest BCUT2D eigenvalue weighted by Crippen LogP contribution is 2.17. The monoisotopic (exact) mass is 341 g/mol. The molecule has 0 bridgehead atoms. The van der Waals surface area contributed by atoms with Gasteiger partial charge in [-0.1, -0.05) is 18.2 Å². The normalized spacial score (nSPS) is 10.8. The van der Waals surface area contributed by atoms with E-state index in [9.17, 15) is 4.79 Å². The summed E-state index contributed by atoms with van der Waals surface area (Å²) < 4.78 is 0. The molecular formula is C19H27N5O. The standard InChI is InChI=1S/C19H27N5O/c1-5-24(16-10-7-6-8-11-16)19(25)17-14-18(22-15(2)21-17)20-12-9-13-23(3)4/h6-8,10-11,14H,5,9,12-13H2,1-4H3,(H,20,21,22). The molecule has 6 nitrogen and oxygen atoms in total. The minimum Gasteiger partial charge on any atom is -0.370 e. The number of amides is 1. The topological polar surface area (TPSA) is 61.4 Å². The number of nitrogens with one attached hydrogen (secondary N) is 1. The van der Waals surface area contributed by atoms with Crippen LogP contribution in [0.1, 0.15) is 29.7 Å². The number of carbonyl (C=O) groups is 1. The zero-order valence-electron chi connectivity index (χ0n) is 15.5. The molecule has 0 aliphatic heterocycles. The van der Waals surface area contributed by atoms with Crippen molar-refractivity contribution in [1.82, 2.24) is 14.9 Å². The van der Waals surface area contributed by atoms with Crippen molar-refractivity contribution in [2.75, 3.05) is 43.9 Å². The van der Waals surface area contributed by atoms with E-state index < -0.39 is 0 Å². The Morgan fingerprint density at radius 1 is 1.16 bits per heavy atom. The van der Waals surface area contributed by atoms with Crippen molar-refractivity contribution in [3.8, 4) is 0 Å². The zero-order chi connectivity index (χ0) is 18.2. The van der Waals surface area contributed by atoms with E-state index in [-0.39, 0.29) is 5.91 Å². The van der Waals surface area contributed by atoms with E-state index in [4.69, 9.17) is 0 Å². The average Bonchev–Trinajstić information content (AvgIpc) is 2.59. The van der Waals surface area contributed by atoms with Gasteiger partial charge in [-0.3, -0.25) is 4.79 Å². The predicted molar refractivity (Wildman–Crippen MR) is 102 cm³/mol. The highest BCUT2D eigenvalue weighted by atomic mass is 16.2. The summed E-state index contributed by atoms with van der Waals surface area (Å²) in [5.74, 6) is 1.17. The lowest BCUT2D eigenvalue weighted by atomic mass is 10.2. The number of rotatable bonds is 8. The minimum atomic E-state index is -0.115. The first-order valence-electron chi connectivity index (χ1n) is 8.62. The number of nitrogens with zero attached hydrogens (tertiary/aromatic N) is 4. The molecule has 1 N–H and O–H groups in total. The number of para-hydroxylation sites is 1. The van der Waals surface area contributed by atoms with Crippen molar-refractivity contribution in [2.45, 2.75) is 20.3 Å². The van der Waals surface area contributed by atoms with Crippen LogP contribution in [0.2, 0.25) is 0 Å². The van der Waals surface area contributed by atoms with Gasteiger partial charge in [-0.15, -0.1) is 0 Å². The first kappa shape index (κ1) is 18.9. The Kier molecular flexibility index (Phi) is 6.89. The summed E-state index contributed by atoms with van der Waals surface area (Å²) in [6, 6.07) is 11.4. The SMILES string of the molecule is CCN(C(=O)c1cc(NCCCN(C)C)nc(C)n1)c1ccccc1. The molecule has 2 rings (SSSR count). The van der Waals surface area contributed by atoms with Gasteiger partial charge in [-0.2, -0.15) is 0 Å². The minimum absolute atomic E-state index is 0.115. The van der Waals surface area contributed by atoms with Crippen LogP contribution in [0.5, 0.6) is 0 Å². The summed E-state index contributed by atoms with van der Waals surface area (Å²) in [5.41, 5.74) is 1.28. The van der Waals surface area contributed by atoms with Crippen molar-refractivity contribution in [1.29, 1.82) is 0 Å². The number of anilines is 2. The molecule has 1 heterocycles. The Hall–Kier alpha value is -2.47. The molecule has 6 heteroatoms. The van der Waals surface area contributed by atoms with Crippen LogP contribution in [0.15, 0.2) is 36.4 Å². The van der Waals surface area contributed by atoms with E-state index in [1.54, 1.807) is 17.9 Å². The van der Waals surface area contributed by atoms with Gasteiger partial charge in [0, 0.05) is 24.8 Å². The van der Waals surface area contributed by atoms with Crippen LogP contribution in [0.3, 0.4) is 0 Å². The second kappa shape index (κ2) is 9.13. The molecule has 25 heavy (non-hydrogen) atoms. The number of hydrogen-bond acceptors (Lipinski definition) is 5. The summed E-state index contributed by atoms with van der Waals surface area (Å²) in [6.07, 6.45) is 1.00. The van der Waals surface area contributed by atoms with Gasteiger partial charge in [0.15, 0.2) is 0 Å². The van der Waals surface area contributed by atoms with Crippen molar-refractivity contribution in [3.63, 3.8) is 0 Å². The second-order valence-electron chi connectivity index (χ2n) is 6.15. The molecule has 0 unspecified atom stereocenters. The van der Waals surface area contributed by atoms with Gasteiger partial charge in [0.1, 0.15) is 17.3 Å². The maximum Gasteiger partial charge on any atom is 0.277 e. The van der Waals surface area contributed by atoms with Gasteiger partial charge in [0.25, 0.3) is 5.91 Å². The molecule has 134 valence electrons. The van der Waals surface area contributed by atoms with E-state index in [0.29, 0.717) is 23.9 Å². The van der Waals surface area contributed by atoms with Gasteiger partial charge in [-0.25, -0.2) is 9.97 Å². The molecule has 1 aromatic carbocycles. The number of aryl methyl sites for hydroxylation is 1. The third kappa shape index (κ3) is 5.53. The average molecular weight is 341 g/mol. The Bertz CT molecular complexity index is 687. The maximum absolute atomic E-state index is 12.9. The molecular weight excluding hydrogens is 314 g/mol. The lowest BCUT2D eigenvalue weighted by Crippen LogP contribution is -2.31. The fraction of sp³-hybridized carbons (Fsp3) is 0.421. The van der Waals surface area contributed by atoms with E-state index in [1.807, 2.05) is 37.3 Å². The summed E-state index contributed by atoms with van der Waals surface area (Å²) in [5, 5.41) is 3.28. The van der Waals surface area contributed by atoms with E-state index in [1.165, 1.54) is 0 Å². The smallest absolute Gasteiger partial charge is 0.277 e. The number of hydrogen-bond donors (Lipinski definition) is 1. The molecule has 0 spiro atoms. The van der Waals surface area contributed by atoms with Crippen LogP contribution in [-0.4, -0.2) is 54.5 Å². The first-order valence-corrected chi connectivity index (χ1v) is 8.62. The molecule has 0 atom stereocenters. The van der Waals surface area contributed by atoms with Crippen molar-refractivity contribution in [2.24, 2.45) is 0 Å². The van der Waals surface area contributed by atoms with Gasteiger partial charge >= 0.3 is 0 Å². The van der Waals surface area contributed by atoms with Crippen molar-refractivity contribution < 1.29 is 4.79 Å². The molecule has 0 aliphatic rings. The fourth-order valence-corrected chi connectivity index (χ4v) is 2.57. The number of benzene rings is 1. The highest BCUT2D eigenvalue weighted by molar-refractivity contribution is 6.05. The van der Waals surface area contributed by atoms with E-state index in [2.05, 4.69) is 34.3 Å². The van der Waals surface area contributed by atoms with Gasteiger partial charge in [0.05, 0.1) is 0 Å². The molecule has 0 aliphatic carbocycles. The lowest BCUT2D eigenvalue weighted by Gasteiger charge is -2.21. The third-order valence-corrected chi connectivity index (χ3v) is 3.77. The van der Waals surface area contributed by atoms with Crippen LogP contribution in [0.25, 0.3) is 0 Å². The van der Waals surface area contributed by atoms with E-state index in [0.717, 1.165) is 25.2 Å². The number of aromatic nitrogens is 2. The Labute approximate surface area is 149 Å². The zero-order valence-corrected chi connectivity index (χ0v) is 15.5. The molecule has 1 amide bonds. The molecule has 1 aromatic heterocycles. The molecule has 0 fully saturated rings. The Balaban J connectivity index is 2.13. The van der Waals surface area contributed by atoms with E-state index >= 15 is 0 Å². The summed E-state index contributed by atoms with van der Waals surface area (Å²) in [7, 11) is 4.10. The predicted octanol–water partition coefficient (Wildman–Crippen LogP) is 2.82. The molecule has 0 saturated heterocycles. The van der Waals surface area contributed by atoms with Gasteiger partial charge < -0.3 is 15.1 Å². The third-order valence-electron chi connectivity index (χ3n) is 3.77. The lowest BCUT2D eigenvalue weighted by molar-refractivity contribution is 0.0983. The summed E-state index contributed by atoms with van der Waals surface area (Å²) >= 11 is 0.